The molecular weight excluding hydrogens is 409 g/mol. The minimum Gasteiger partial charge on any atom is -0.327 e. The number of sulfone groups is 1. The Bertz CT molecular complexity index is 942. The van der Waals surface area contributed by atoms with Crippen LogP contribution in [0.5, 0.6) is 0 Å². The molecule has 2 aliphatic carbocycles. The van der Waals surface area contributed by atoms with Crippen molar-refractivity contribution in [1.29, 1.82) is 0 Å². The van der Waals surface area contributed by atoms with E-state index in [0.29, 0.717) is 6.42 Å². The van der Waals surface area contributed by atoms with E-state index in [2.05, 4.69) is 18.2 Å². The Morgan fingerprint density at radius 3 is 2.34 bits per heavy atom. The third kappa shape index (κ3) is 5.01. The van der Waals surface area contributed by atoms with Crippen LogP contribution in [0.4, 0.5) is 4.39 Å². The van der Waals surface area contributed by atoms with Crippen molar-refractivity contribution < 1.29 is 12.8 Å². The molecule has 0 bridgehead atoms. The molecule has 2 atom stereocenters. The molecule has 4 rings (SSSR count). The molecular formula is C23H29ClFNO2S. The molecule has 0 heterocycles. The molecule has 2 unspecified atom stereocenters. The SMILES string of the molecule is Cl.NC1CCc2ccc(CCS(=O)(=O)C3CCC3)cc2C1Cc1ccc(F)cc1. The van der Waals surface area contributed by atoms with E-state index in [1.165, 1.54) is 23.3 Å². The largest absolute Gasteiger partial charge is 0.327 e. The predicted octanol–water partition coefficient (Wildman–Crippen LogP) is 4.36. The first kappa shape index (κ1) is 22.3. The molecule has 1 fully saturated rings. The van der Waals surface area contributed by atoms with Gasteiger partial charge in [-0.05, 0) is 72.9 Å². The van der Waals surface area contributed by atoms with Gasteiger partial charge in [-0.25, -0.2) is 12.8 Å². The van der Waals surface area contributed by atoms with Gasteiger partial charge in [-0.3, -0.25) is 0 Å². The molecule has 0 aromatic heterocycles. The Kier molecular flexibility index (Phi) is 7.02. The van der Waals surface area contributed by atoms with Crippen molar-refractivity contribution in [3.05, 3.63) is 70.5 Å². The van der Waals surface area contributed by atoms with E-state index in [1.807, 2.05) is 12.1 Å². The second-order valence-corrected chi connectivity index (χ2v) is 10.7. The molecule has 2 aliphatic rings. The van der Waals surface area contributed by atoms with Crippen LogP contribution in [0.3, 0.4) is 0 Å². The summed E-state index contributed by atoms with van der Waals surface area (Å²) in [6.45, 7) is 0. The smallest absolute Gasteiger partial charge is 0.153 e. The van der Waals surface area contributed by atoms with Crippen LogP contribution in [-0.4, -0.2) is 25.5 Å². The first-order valence-electron chi connectivity index (χ1n) is 10.3. The zero-order chi connectivity index (χ0) is 19.7. The summed E-state index contributed by atoms with van der Waals surface area (Å²) >= 11 is 0. The van der Waals surface area contributed by atoms with E-state index in [4.69, 9.17) is 5.73 Å². The number of rotatable bonds is 6. The van der Waals surface area contributed by atoms with Gasteiger partial charge in [0.1, 0.15) is 5.82 Å². The topological polar surface area (TPSA) is 60.2 Å². The second kappa shape index (κ2) is 9.15. The van der Waals surface area contributed by atoms with Crippen molar-refractivity contribution in [3.8, 4) is 0 Å². The van der Waals surface area contributed by atoms with Gasteiger partial charge in [-0.1, -0.05) is 36.8 Å². The molecule has 2 N–H and O–H groups in total. The lowest BCUT2D eigenvalue weighted by Gasteiger charge is -2.32. The van der Waals surface area contributed by atoms with E-state index in [-0.39, 0.29) is 41.2 Å². The van der Waals surface area contributed by atoms with Gasteiger partial charge in [-0.15, -0.1) is 12.4 Å². The average Bonchev–Trinajstić information content (AvgIpc) is 2.62. The van der Waals surface area contributed by atoms with Crippen molar-refractivity contribution in [3.63, 3.8) is 0 Å². The lowest BCUT2D eigenvalue weighted by Crippen LogP contribution is -2.34. The van der Waals surface area contributed by atoms with E-state index >= 15 is 0 Å². The Morgan fingerprint density at radius 1 is 1.00 bits per heavy atom. The number of hydrogen-bond acceptors (Lipinski definition) is 3. The molecule has 158 valence electrons. The van der Waals surface area contributed by atoms with Crippen molar-refractivity contribution in [2.75, 3.05) is 5.75 Å². The summed E-state index contributed by atoms with van der Waals surface area (Å²) in [6.07, 6.45) is 5.90. The van der Waals surface area contributed by atoms with Crippen LogP contribution in [0.1, 0.15) is 53.9 Å². The second-order valence-electron chi connectivity index (χ2n) is 8.34. The third-order valence-corrected chi connectivity index (χ3v) is 8.74. The van der Waals surface area contributed by atoms with E-state index < -0.39 is 9.84 Å². The molecule has 0 spiro atoms. The van der Waals surface area contributed by atoms with Crippen molar-refractivity contribution >= 4 is 22.2 Å². The molecule has 1 saturated carbocycles. The predicted molar refractivity (Wildman–Crippen MR) is 118 cm³/mol. The van der Waals surface area contributed by atoms with Crippen LogP contribution in [0.2, 0.25) is 0 Å². The fourth-order valence-electron chi connectivity index (χ4n) is 4.42. The summed E-state index contributed by atoms with van der Waals surface area (Å²) in [5, 5.41) is -0.121. The molecule has 0 aliphatic heterocycles. The van der Waals surface area contributed by atoms with Crippen molar-refractivity contribution in [1.82, 2.24) is 0 Å². The normalized spacial score (nSPS) is 21.7. The van der Waals surface area contributed by atoms with E-state index in [1.54, 1.807) is 0 Å². The summed E-state index contributed by atoms with van der Waals surface area (Å²) in [5.74, 6) is 0.176. The molecule has 0 amide bonds. The Hall–Kier alpha value is -1.43. The van der Waals surface area contributed by atoms with Gasteiger partial charge < -0.3 is 5.73 Å². The first-order valence-corrected chi connectivity index (χ1v) is 12.0. The highest BCUT2D eigenvalue weighted by Gasteiger charge is 2.31. The summed E-state index contributed by atoms with van der Waals surface area (Å²) in [6, 6.07) is 13.1. The molecule has 2 aromatic rings. The highest BCUT2D eigenvalue weighted by molar-refractivity contribution is 7.92. The molecule has 6 heteroatoms. The fourth-order valence-corrected chi connectivity index (χ4v) is 6.32. The van der Waals surface area contributed by atoms with Crippen molar-refractivity contribution in [2.45, 2.75) is 62.2 Å². The van der Waals surface area contributed by atoms with Crippen LogP contribution >= 0.6 is 12.4 Å². The van der Waals surface area contributed by atoms with Gasteiger partial charge in [-0.2, -0.15) is 0 Å². The van der Waals surface area contributed by atoms with Crippen LogP contribution < -0.4 is 5.73 Å². The van der Waals surface area contributed by atoms with Gasteiger partial charge in [0.05, 0.1) is 11.0 Å². The zero-order valence-electron chi connectivity index (χ0n) is 16.5. The summed E-state index contributed by atoms with van der Waals surface area (Å²) in [4.78, 5) is 0. The Morgan fingerprint density at radius 2 is 1.69 bits per heavy atom. The van der Waals surface area contributed by atoms with Gasteiger partial charge >= 0.3 is 0 Å². The highest BCUT2D eigenvalue weighted by atomic mass is 35.5. The molecule has 3 nitrogen and oxygen atoms in total. The minimum absolute atomic E-state index is 0. The fraction of sp³-hybridized carbons (Fsp3) is 0.478. The van der Waals surface area contributed by atoms with E-state index in [0.717, 1.165) is 49.7 Å². The number of hydrogen-bond donors (Lipinski definition) is 1. The van der Waals surface area contributed by atoms with Gasteiger partial charge in [0.25, 0.3) is 0 Å². The quantitative estimate of drug-likeness (QED) is 0.730. The van der Waals surface area contributed by atoms with E-state index in [9.17, 15) is 12.8 Å². The van der Waals surface area contributed by atoms with Crippen LogP contribution in [0.25, 0.3) is 0 Å². The average molecular weight is 438 g/mol. The zero-order valence-corrected chi connectivity index (χ0v) is 18.2. The van der Waals surface area contributed by atoms with Gasteiger partial charge in [0.15, 0.2) is 9.84 Å². The summed E-state index contributed by atoms with van der Waals surface area (Å²) in [5.41, 5.74) is 11.1. The molecule has 0 radical (unpaired) electrons. The maximum absolute atomic E-state index is 13.2. The molecule has 0 saturated heterocycles. The van der Waals surface area contributed by atoms with Crippen molar-refractivity contribution in [2.24, 2.45) is 5.73 Å². The number of halogens is 2. The maximum Gasteiger partial charge on any atom is 0.153 e. The van der Waals surface area contributed by atoms with Crippen LogP contribution in [0.15, 0.2) is 42.5 Å². The highest BCUT2D eigenvalue weighted by Crippen LogP contribution is 2.35. The maximum atomic E-state index is 13.2. The lowest BCUT2D eigenvalue weighted by molar-refractivity contribution is 0.466. The number of benzene rings is 2. The number of aryl methyl sites for hydroxylation is 2. The van der Waals surface area contributed by atoms with Gasteiger partial charge in [0.2, 0.25) is 0 Å². The monoisotopic (exact) mass is 437 g/mol. The minimum atomic E-state index is -2.98. The Labute approximate surface area is 179 Å². The summed E-state index contributed by atoms with van der Waals surface area (Å²) in [7, 11) is -2.98. The molecule has 2 aromatic carbocycles. The summed E-state index contributed by atoms with van der Waals surface area (Å²) < 4.78 is 38.0. The molecule has 29 heavy (non-hydrogen) atoms. The van der Waals surface area contributed by atoms with Gasteiger partial charge in [0, 0.05) is 12.0 Å². The Balaban J connectivity index is 0.00000240. The number of nitrogens with two attached hydrogens (primary N) is 1. The standard InChI is InChI=1S/C23H28FNO2S.ClH/c24-19-9-5-16(6-10-19)15-22-21-14-17(4-7-18(21)8-11-23(22)25)12-13-28(26,27)20-2-1-3-20;/h4-7,9-10,14,20,22-23H,1-3,8,11-13,15,25H2;1H. The van der Waals surface area contributed by atoms with Crippen LogP contribution in [-0.2, 0) is 29.1 Å². The first-order chi connectivity index (χ1) is 13.4. The number of fused-ring (bicyclic) bond motifs is 1. The van der Waals surface area contributed by atoms with Crippen LogP contribution in [0, 0.1) is 5.82 Å². The lowest BCUT2D eigenvalue weighted by atomic mass is 9.76. The third-order valence-electron chi connectivity index (χ3n) is 6.48.